The van der Waals surface area contributed by atoms with Crippen molar-refractivity contribution in [3.05, 3.63) is 71.0 Å². The zero-order valence-electron chi connectivity index (χ0n) is 15.9. The Labute approximate surface area is 175 Å². The standard InChI is InChI=1S/C18H14N6O6S/c1-30-16-10-12(24(25)26)6-7-15(16)23-21-18(20-22(23)13-8-9-19-11-13)14-4-2-3-5-17(14)31(27,28)29/h2-11,19H,1H3/p+1. The van der Waals surface area contributed by atoms with E-state index in [4.69, 9.17) is 4.74 Å². The smallest absolute Gasteiger partial charge is 0.341 e. The molecule has 12 nitrogen and oxygen atoms in total. The van der Waals surface area contributed by atoms with Gasteiger partial charge in [0, 0.05) is 29.3 Å². The third-order valence-corrected chi connectivity index (χ3v) is 5.28. The van der Waals surface area contributed by atoms with Gasteiger partial charge < -0.3 is 9.72 Å². The van der Waals surface area contributed by atoms with Crippen molar-refractivity contribution in [1.29, 1.82) is 0 Å². The summed E-state index contributed by atoms with van der Waals surface area (Å²) < 4.78 is 38.5. The fourth-order valence-corrected chi connectivity index (χ4v) is 3.66. The van der Waals surface area contributed by atoms with Gasteiger partial charge in [-0.2, -0.15) is 8.42 Å². The molecule has 0 amide bonds. The first-order valence-corrected chi connectivity index (χ1v) is 10.2. The van der Waals surface area contributed by atoms with Gasteiger partial charge in [0.2, 0.25) is 5.69 Å². The van der Waals surface area contributed by atoms with Crippen LogP contribution in [0.15, 0.2) is 65.8 Å². The van der Waals surface area contributed by atoms with Gasteiger partial charge in [-0.3, -0.25) is 14.7 Å². The molecule has 0 spiro atoms. The molecule has 2 N–H and O–H groups in total. The molecule has 13 heteroatoms. The third-order valence-electron chi connectivity index (χ3n) is 4.37. The zero-order valence-corrected chi connectivity index (χ0v) is 16.7. The highest BCUT2D eigenvalue weighted by Crippen LogP contribution is 2.27. The van der Waals surface area contributed by atoms with Crippen LogP contribution in [0, 0.1) is 10.1 Å². The maximum Gasteiger partial charge on any atom is 0.341 e. The molecule has 0 atom stereocenters. The molecule has 31 heavy (non-hydrogen) atoms. The van der Waals surface area contributed by atoms with Crippen LogP contribution in [0.2, 0.25) is 0 Å². The van der Waals surface area contributed by atoms with Crippen LogP contribution in [0.4, 0.5) is 5.69 Å². The first-order chi connectivity index (χ1) is 14.8. The molecule has 2 heterocycles. The molecular formula is C18H15N6O6S+. The minimum atomic E-state index is -4.54. The second-order valence-corrected chi connectivity index (χ2v) is 7.65. The van der Waals surface area contributed by atoms with E-state index in [1.54, 1.807) is 24.5 Å². The number of non-ortho nitro benzene ring substituents is 1. The molecule has 0 unspecified atom stereocenters. The Morgan fingerprint density at radius 3 is 2.65 bits per heavy atom. The molecule has 4 aromatic rings. The van der Waals surface area contributed by atoms with Crippen LogP contribution in [-0.2, 0) is 10.1 Å². The Balaban J connectivity index is 1.98. The van der Waals surface area contributed by atoms with Crippen LogP contribution in [-0.4, -0.2) is 45.0 Å². The highest BCUT2D eigenvalue weighted by molar-refractivity contribution is 7.86. The lowest BCUT2D eigenvalue weighted by Gasteiger charge is -2.04. The van der Waals surface area contributed by atoms with Crippen molar-refractivity contribution in [3.63, 3.8) is 0 Å². The van der Waals surface area contributed by atoms with Gasteiger partial charge in [0.15, 0.2) is 5.75 Å². The summed E-state index contributed by atoms with van der Waals surface area (Å²) in [6.45, 7) is 0. The van der Waals surface area contributed by atoms with Crippen molar-refractivity contribution < 1.29 is 27.4 Å². The predicted octanol–water partition coefficient (Wildman–Crippen LogP) is 1.70. The summed E-state index contributed by atoms with van der Waals surface area (Å²) in [6.07, 6.45) is 3.28. The lowest BCUT2D eigenvalue weighted by atomic mass is 10.2. The van der Waals surface area contributed by atoms with Crippen molar-refractivity contribution in [2.24, 2.45) is 0 Å². The number of tetrazole rings is 1. The number of benzene rings is 2. The molecule has 0 saturated carbocycles. The molecule has 0 saturated heterocycles. The number of ether oxygens (including phenoxy) is 1. The molecular weight excluding hydrogens is 428 g/mol. The number of hydrogen-bond acceptors (Lipinski definition) is 7. The molecule has 2 aromatic heterocycles. The van der Waals surface area contributed by atoms with Crippen molar-refractivity contribution in [2.75, 3.05) is 7.11 Å². The average Bonchev–Trinajstić information content (AvgIpc) is 3.42. The van der Waals surface area contributed by atoms with Gasteiger partial charge in [-0.15, -0.1) is 0 Å². The van der Waals surface area contributed by atoms with Crippen molar-refractivity contribution in [3.8, 4) is 28.5 Å². The number of hydrogen-bond donors (Lipinski definition) is 2. The molecule has 4 rings (SSSR count). The normalized spacial score (nSPS) is 11.4. The van der Waals surface area contributed by atoms with Crippen LogP contribution < -0.4 is 9.53 Å². The number of aromatic amines is 1. The molecule has 158 valence electrons. The Hall–Kier alpha value is -4.10. The fraction of sp³-hybridized carbons (Fsp3) is 0.0556. The molecule has 0 fully saturated rings. The van der Waals surface area contributed by atoms with Crippen molar-refractivity contribution in [2.45, 2.75) is 4.90 Å². The summed E-state index contributed by atoms with van der Waals surface area (Å²) in [4.78, 5) is 15.8. The monoisotopic (exact) mass is 443 g/mol. The SMILES string of the molecule is COc1cc([N+](=O)[O-])ccc1-[n+]1nc(-c2ccccc2S(=O)(=O)O)nn1-c1cc[nH]c1. The van der Waals surface area contributed by atoms with Gasteiger partial charge in [0.1, 0.15) is 10.6 Å². The van der Waals surface area contributed by atoms with E-state index in [1.807, 2.05) is 0 Å². The van der Waals surface area contributed by atoms with Gasteiger partial charge in [-0.05, 0) is 28.1 Å². The summed E-state index contributed by atoms with van der Waals surface area (Å²) in [5.74, 6) is 0.146. The van der Waals surface area contributed by atoms with Crippen LogP contribution in [0.1, 0.15) is 0 Å². The van der Waals surface area contributed by atoms with E-state index >= 15 is 0 Å². The Morgan fingerprint density at radius 2 is 2.00 bits per heavy atom. The number of aromatic nitrogens is 5. The summed E-state index contributed by atoms with van der Waals surface area (Å²) in [7, 11) is -3.18. The van der Waals surface area contributed by atoms with E-state index in [9.17, 15) is 23.1 Å². The molecule has 2 aromatic carbocycles. The number of rotatable bonds is 6. The lowest BCUT2D eigenvalue weighted by Crippen LogP contribution is -2.43. The van der Waals surface area contributed by atoms with Crippen LogP contribution >= 0.6 is 0 Å². The average molecular weight is 443 g/mol. The van der Waals surface area contributed by atoms with Crippen LogP contribution in [0.5, 0.6) is 5.75 Å². The number of nitrogens with one attached hydrogen (secondary N) is 1. The van der Waals surface area contributed by atoms with E-state index in [0.29, 0.717) is 11.4 Å². The molecule has 0 bridgehead atoms. The maximum absolute atomic E-state index is 11.8. The first kappa shape index (κ1) is 20.2. The summed E-state index contributed by atoms with van der Waals surface area (Å²) in [5.41, 5.74) is 0.764. The third kappa shape index (κ3) is 3.74. The van der Waals surface area contributed by atoms with E-state index in [0.717, 1.165) is 0 Å². The van der Waals surface area contributed by atoms with Gasteiger partial charge in [0.25, 0.3) is 15.8 Å². The van der Waals surface area contributed by atoms with Gasteiger partial charge >= 0.3 is 5.82 Å². The Morgan fingerprint density at radius 1 is 1.23 bits per heavy atom. The predicted molar refractivity (Wildman–Crippen MR) is 106 cm³/mol. The Bertz CT molecular complexity index is 1380. The number of H-pyrrole nitrogens is 1. The summed E-state index contributed by atoms with van der Waals surface area (Å²) in [5, 5.41) is 19.9. The highest BCUT2D eigenvalue weighted by Gasteiger charge is 2.30. The zero-order chi connectivity index (χ0) is 22.2. The number of nitro groups is 1. The molecule has 0 aliphatic heterocycles. The van der Waals surface area contributed by atoms with Crippen molar-refractivity contribution >= 4 is 15.8 Å². The number of nitrogens with zero attached hydrogens (tertiary/aromatic N) is 5. The Kier molecular flexibility index (Phi) is 4.96. The van der Waals surface area contributed by atoms with E-state index < -0.39 is 15.0 Å². The molecule has 0 radical (unpaired) electrons. The van der Waals surface area contributed by atoms with Gasteiger partial charge in [0.05, 0.1) is 28.8 Å². The second-order valence-electron chi connectivity index (χ2n) is 6.26. The van der Waals surface area contributed by atoms with E-state index in [2.05, 4.69) is 15.2 Å². The highest BCUT2D eigenvalue weighted by atomic mass is 32.2. The minimum absolute atomic E-state index is 0.00479. The van der Waals surface area contributed by atoms with Gasteiger partial charge in [-0.25, -0.2) is 0 Å². The molecule has 0 aliphatic rings. The fourth-order valence-electron chi connectivity index (χ4n) is 2.98. The minimum Gasteiger partial charge on any atom is -0.492 e. The summed E-state index contributed by atoms with van der Waals surface area (Å²) in [6, 6.07) is 11.4. The second kappa shape index (κ2) is 7.62. The van der Waals surface area contributed by atoms with Crippen molar-refractivity contribution in [1.82, 2.24) is 20.0 Å². The quantitative estimate of drug-likeness (QED) is 0.197. The number of methoxy groups -OCH3 is 1. The molecule has 0 aliphatic carbocycles. The maximum atomic E-state index is 11.8. The van der Waals surface area contributed by atoms with E-state index in [-0.39, 0.29) is 27.7 Å². The topological polar surface area (TPSA) is 157 Å². The summed E-state index contributed by atoms with van der Waals surface area (Å²) >= 11 is 0. The number of nitro benzene ring substituents is 1. The van der Waals surface area contributed by atoms with Gasteiger partial charge in [-0.1, -0.05) is 12.1 Å². The largest absolute Gasteiger partial charge is 0.492 e. The van der Waals surface area contributed by atoms with Crippen LogP contribution in [0.3, 0.4) is 0 Å². The van der Waals surface area contributed by atoms with E-state index in [1.165, 1.54) is 53.1 Å². The lowest BCUT2D eigenvalue weighted by molar-refractivity contribution is -0.734. The van der Waals surface area contributed by atoms with Crippen LogP contribution in [0.25, 0.3) is 22.8 Å². The first-order valence-electron chi connectivity index (χ1n) is 8.72.